The Bertz CT molecular complexity index is 906. The number of nitrogens with zero attached hydrogens (tertiary/aromatic N) is 2. The van der Waals surface area contributed by atoms with Crippen LogP contribution >= 0.6 is 0 Å². The zero-order chi connectivity index (χ0) is 19.6. The molecule has 1 atom stereocenters. The van der Waals surface area contributed by atoms with Gasteiger partial charge in [-0.25, -0.2) is 23.0 Å². The van der Waals surface area contributed by atoms with E-state index in [1.54, 1.807) is 0 Å². The zero-order valence-corrected chi connectivity index (χ0v) is 15.4. The van der Waals surface area contributed by atoms with Crippen molar-refractivity contribution in [2.75, 3.05) is 18.6 Å². The average Bonchev–Trinajstić information content (AvgIpc) is 3.01. The molecule has 27 heavy (non-hydrogen) atoms. The highest BCUT2D eigenvalue weighted by molar-refractivity contribution is 7.91. The molecule has 9 nitrogen and oxygen atoms in total. The van der Waals surface area contributed by atoms with Gasteiger partial charge in [0.2, 0.25) is 5.91 Å². The first-order valence-electron chi connectivity index (χ1n) is 8.29. The number of carbonyl (C=O) groups is 3. The number of hydrogen-bond acceptors (Lipinski definition) is 8. The van der Waals surface area contributed by atoms with Crippen LogP contribution in [0.2, 0.25) is 0 Å². The molecule has 0 bridgehead atoms. The van der Waals surface area contributed by atoms with Crippen LogP contribution in [-0.2, 0) is 24.2 Å². The van der Waals surface area contributed by atoms with Crippen LogP contribution in [0.15, 0.2) is 29.4 Å². The van der Waals surface area contributed by atoms with Crippen molar-refractivity contribution in [2.45, 2.75) is 25.3 Å². The van der Waals surface area contributed by atoms with Gasteiger partial charge in [0.25, 0.3) is 0 Å². The second-order valence-corrected chi connectivity index (χ2v) is 8.48. The lowest BCUT2D eigenvalue weighted by Crippen LogP contribution is -2.42. The summed E-state index contributed by atoms with van der Waals surface area (Å²) in [4.78, 5) is 35.8. The fraction of sp³-hybridized carbons (Fsp3) is 0.412. The highest BCUT2D eigenvalue weighted by Crippen LogP contribution is 2.23. The standard InChI is InChI=1S/C17H18N2O7S/c1-25-16(21)11-2-4-13(5-3-11)26-17(22)14-6-7-15(20)19(18-14)12-8-9-27(23,24)10-12/h2-5,12H,6-10H2,1H3/t12-/m0/s1. The van der Waals surface area contributed by atoms with Crippen LogP contribution in [0.1, 0.15) is 29.6 Å². The quantitative estimate of drug-likeness (QED) is 0.540. The third-order valence-corrected chi connectivity index (χ3v) is 6.09. The van der Waals surface area contributed by atoms with Gasteiger partial charge in [0, 0.05) is 12.8 Å². The molecule has 0 spiro atoms. The van der Waals surface area contributed by atoms with Gasteiger partial charge in [0.05, 0.1) is 30.2 Å². The van der Waals surface area contributed by atoms with Crippen LogP contribution in [0, 0.1) is 0 Å². The van der Waals surface area contributed by atoms with E-state index in [0.29, 0.717) is 12.0 Å². The van der Waals surface area contributed by atoms with Gasteiger partial charge in [-0.3, -0.25) is 4.79 Å². The molecule has 0 aliphatic carbocycles. The van der Waals surface area contributed by atoms with E-state index in [4.69, 9.17) is 4.74 Å². The lowest BCUT2D eigenvalue weighted by atomic mass is 10.1. The second-order valence-electron chi connectivity index (χ2n) is 6.25. The van der Waals surface area contributed by atoms with Gasteiger partial charge in [-0.05, 0) is 30.7 Å². The normalized spacial score (nSPS) is 21.5. The Morgan fingerprint density at radius 1 is 1.15 bits per heavy atom. The van der Waals surface area contributed by atoms with E-state index in [-0.39, 0.29) is 41.7 Å². The molecule has 1 saturated heterocycles. The van der Waals surface area contributed by atoms with Crippen LogP contribution in [0.3, 0.4) is 0 Å². The summed E-state index contributed by atoms with van der Waals surface area (Å²) >= 11 is 0. The average molecular weight is 394 g/mol. The SMILES string of the molecule is COC(=O)c1ccc(OC(=O)C2=NN([C@H]3CCS(=O)(=O)C3)C(=O)CC2)cc1. The van der Waals surface area contributed by atoms with Gasteiger partial charge in [0.15, 0.2) is 9.84 Å². The van der Waals surface area contributed by atoms with E-state index in [9.17, 15) is 22.8 Å². The highest BCUT2D eigenvalue weighted by Gasteiger charge is 2.37. The number of ether oxygens (including phenoxy) is 2. The topological polar surface area (TPSA) is 119 Å². The lowest BCUT2D eigenvalue weighted by molar-refractivity contribution is -0.134. The Labute approximate surface area is 155 Å². The zero-order valence-electron chi connectivity index (χ0n) is 14.6. The summed E-state index contributed by atoms with van der Waals surface area (Å²) < 4.78 is 33.1. The highest BCUT2D eigenvalue weighted by atomic mass is 32.2. The van der Waals surface area contributed by atoms with E-state index in [1.165, 1.54) is 31.4 Å². The summed E-state index contributed by atoms with van der Waals surface area (Å²) in [6.07, 6.45) is 0.481. The Balaban J connectivity index is 1.71. The number of hydrogen-bond donors (Lipinski definition) is 0. The number of sulfone groups is 1. The van der Waals surface area contributed by atoms with E-state index >= 15 is 0 Å². The molecule has 1 fully saturated rings. The monoisotopic (exact) mass is 394 g/mol. The van der Waals surface area contributed by atoms with Gasteiger partial charge < -0.3 is 9.47 Å². The van der Waals surface area contributed by atoms with Crippen LogP contribution in [-0.4, -0.2) is 61.6 Å². The second kappa shape index (κ2) is 7.47. The fourth-order valence-electron chi connectivity index (χ4n) is 2.91. The Kier molecular flexibility index (Phi) is 5.26. The van der Waals surface area contributed by atoms with E-state index in [2.05, 4.69) is 9.84 Å². The molecule has 2 aliphatic rings. The molecule has 0 aromatic heterocycles. The van der Waals surface area contributed by atoms with Crippen molar-refractivity contribution in [1.29, 1.82) is 0 Å². The number of benzene rings is 1. The maximum atomic E-state index is 12.3. The Hall–Kier alpha value is -2.75. The number of methoxy groups -OCH3 is 1. The van der Waals surface area contributed by atoms with Crippen LogP contribution in [0.25, 0.3) is 0 Å². The van der Waals surface area contributed by atoms with Gasteiger partial charge in [0.1, 0.15) is 11.5 Å². The first-order valence-corrected chi connectivity index (χ1v) is 10.1. The van der Waals surface area contributed by atoms with Crippen LogP contribution in [0.5, 0.6) is 5.75 Å². The van der Waals surface area contributed by atoms with Gasteiger partial charge in [-0.15, -0.1) is 0 Å². The molecule has 144 valence electrons. The van der Waals surface area contributed by atoms with E-state index in [0.717, 1.165) is 5.01 Å². The van der Waals surface area contributed by atoms with Crippen molar-refractivity contribution in [2.24, 2.45) is 5.10 Å². The van der Waals surface area contributed by atoms with Gasteiger partial charge in [-0.1, -0.05) is 0 Å². The molecule has 3 rings (SSSR count). The molecule has 1 amide bonds. The van der Waals surface area contributed by atoms with Crippen molar-refractivity contribution in [3.63, 3.8) is 0 Å². The number of rotatable bonds is 4. The molecular weight excluding hydrogens is 376 g/mol. The van der Waals surface area contributed by atoms with Crippen molar-refractivity contribution in [1.82, 2.24) is 5.01 Å². The van der Waals surface area contributed by atoms with Crippen molar-refractivity contribution in [3.8, 4) is 5.75 Å². The summed E-state index contributed by atoms with van der Waals surface area (Å²) in [5.41, 5.74) is 0.363. The van der Waals surface area contributed by atoms with Crippen molar-refractivity contribution >= 4 is 33.4 Å². The van der Waals surface area contributed by atoms with E-state index < -0.39 is 27.8 Å². The largest absolute Gasteiger partial charge is 0.465 e. The molecule has 2 heterocycles. The molecule has 1 aromatic carbocycles. The minimum Gasteiger partial charge on any atom is -0.465 e. The predicted molar refractivity (Wildman–Crippen MR) is 94.0 cm³/mol. The Morgan fingerprint density at radius 3 is 2.44 bits per heavy atom. The lowest BCUT2D eigenvalue weighted by Gasteiger charge is -2.27. The summed E-state index contributed by atoms with van der Waals surface area (Å²) in [5.74, 6) is -1.48. The number of hydrazone groups is 1. The molecule has 1 aromatic rings. The van der Waals surface area contributed by atoms with Crippen molar-refractivity contribution < 1.29 is 32.3 Å². The van der Waals surface area contributed by atoms with Crippen LogP contribution in [0.4, 0.5) is 0 Å². The number of amides is 1. The van der Waals surface area contributed by atoms with E-state index in [1.807, 2.05) is 0 Å². The van der Waals surface area contributed by atoms with Gasteiger partial charge in [-0.2, -0.15) is 5.10 Å². The first kappa shape index (κ1) is 19.0. The first-order chi connectivity index (χ1) is 12.8. The maximum absolute atomic E-state index is 12.3. The molecule has 0 unspecified atom stereocenters. The smallest absolute Gasteiger partial charge is 0.359 e. The summed E-state index contributed by atoms with van der Waals surface area (Å²) in [6, 6.07) is 5.25. The predicted octanol–water partition coefficient (Wildman–Crippen LogP) is 0.544. The summed E-state index contributed by atoms with van der Waals surface area (Å²) in [5, 5.41) is 5.16. The minimum atomic E-state index is -3.18. The minimum absolute atomic E-state index is 0.00326. The molecular formula is C17H18N2O7S. The molecule has 0 N–H and O–H groups in total. The third-order valence-electron chi connectivity index (χ3n) is 4.34. The fourth-order valence-corrected chi connectivity index (χ4v) is 4.61. The maximum Gasteiger partial charge on any atom is 0.359 e. The summed E-state index contributed by atoms with van der Waals surface area (Å²) in [6.45, 7) is 0. The van der Waals surface area contributed by atoms with Crippen LogP contribution < -0.4 is 4.74 Å². The molecule has 0 saturated carbocycles. The molecule has 0 radical (unpaired) electrons. The summed E-state index contributed by atoms with van der Waals surface area (Å²) in [7, 11) is -1.92. The Morgan fingerprint density at radius 2 is 1.85 bits per heavy atom. The number of carbonyl (C=O) groups excluding carboxylic acids is 3. The van der Waals surface area contributed by atoms with Crippen molar-refractivity contribution in [3.05, 3.63) is 29.8 Å². The van der Waals surface area contributed by atoms with Gasteiger partial charge >= 0.3 is 11.9 Å². The molecule has 10 heteroatoms. The third kappa shape index (κ3) is 4.33. The number of esters is 2. The molecule has 2 aliphatic heterocycles.